The number of nitrogens with zero attached hydrogens (tertiary/aromatic N) is 5. The van der Waals surface area contributed by atoms with Gasteiger partial charge in [-0.2, -0.15) is 0 Å². The number of rotatable bonds is 3. The van der Waals surface area contributed by atoms with Crippen LogP contribution in [0.4, 0.5) is 0 Å². The molecule has 0 bridgehead atoms. The number of hydrogen-bond donors (Lipinski definition) is 1. The molecule has 5 rings (SSSR count). The fourth-order valence-corrected chi connectivity index (χ4v) is 4.57. The van der Waals surface area contributed by atoms with Crippen molar-refractivity contribution in [2.45, 2.75) is 45.3 Å². The summed E-state index contributed by atoms with van der Waals surface area (Å²) in [6.07, 6.45) is 4.21. The van der Waals surface area contributed by atoms with Gasteiger partial charge in [-0.3, -0.25) is 9.88 Å². The van der Waals surface area contributed by atoms with Crippen molar-refractivity contribution in [1.82, 2.24) is 30.0 Å². The first-order valence-electron chi connectivity index (χ1n) is 9.97. The van der Waals surface area contributed by atoms with E-state index >= 15 is 0 Å². The van der Waals surface area contributed by atoms with Gasteiger partial charge < -0.3 is 9.88 Å². The van der Waals surface area contributed by atoms with Gasteiger partial charge in [0.05, 0.1) is 12.1 Å². The molecule has 7 heteroatoms. The predicted molar refractivity (Wildman–Crippen MR) is 113 cm³/mol. The number of piperidine rings is 1. The van der Waals surface area contributed by atoms with E-state index in [2.05, 4.69) is 55.1 Å². The van der Waals surface area contributed by atoms with E-state index in [1.165, 1.54) is 35.2 Å². The van der Waals surface area contributed by atoms with Crippen molar-refractivity contribution in [1.29, 1.82) is 0 Å². The monoisotopic (exact) mass is 398 g/mol. The Labute approximate surface area is 171 Å². The van der Waals surface area contributed by atoms with E-state index in [4.69, 9.17) is 0 Å². The van der Waals surface area contributed by atoms with Gasteiger partial charge in [0.15, 0.2) is 0 Å². The first-order valence-corrected chi connectivity index (χ1v) is 9.97. The summed E-state index contributed by atoms with van der Waals surface area (Å²) >= 11 is 0. The molecule has 1 aromatic carbocycles. The van der Waals surface area contributed by atoms with Crippen LogP contribution in [0.15, 0.2) is 30.5 Å². The number of aryl methyl sites for hydroxylation is 1. The summed E-state index contributed by atoms with van der Waals surface area (Å²) in [5.74, 6) is 2.85. The number of hydrogen-bond acceptors (Lipinski definition) is 5. The second-order valence-corrected chi connectivity index (χ2v) is 7.84. The minimum Gasteiger partial charge on any atom is -0.312 e. The lowest BCUT2D eigenvalue weighted by Gasteiger charge is -2.32. The van der Waals surface area contributed by atoms with Crippen LogP contribution < -0.4 is 5.32 Å². The van der Waals surface area contributed by atoms with Crippen molar-refractivity contribution in [3.8, 4) is 0 Å². The maximum Gasteiger partial charge on any atom is 0.147 e. The van der Waals surface area contributed by atoms with Gasteiger partial charge in [-0.1, -0.05) is 12.1 Å². The highest BCUT2D eigenvalue weighted by Crippen LogP contribution is 2.29. The smallest absolute Gasteiger partial charge is 0.147 e. The van der Waals surface area contributed by atoms with Crippen molar-refractivity contribution < 1.29 is 0 Å². The third-order valence-electron chi connectivity index (χ3n) is 5.97. The van der Waals surface area contributed by atoms with E-state index in [0.29, 0.717) is 5.92 Å². The summed E-state index contributed by atoms with van der Waals surface area (Å²) in [6, 6.07) is 8.77. The highest BCUT2D eigenvalue weighted by molar-refractivity contribution is 5.85. The van der Waals surface area contributed by atoms with Crippen LogP contribution in [0.5, 0.6) is 0 Å². The van der Waals surface area contributed by atoms with Crippen LogP contribution in [0.3, 0.4) is 0 Å². The van der Waals surface area contributed by atoms with E-state index in [9.17, 15) is 0 Å². The van der Waals surface area contributed by atoms with Crippen molar-refractivity contribution in [3.63, 3.8) is 0 Å². The Bertz CT molecular complexity index is 961. The fraction of sp³-hybridized carbons (Fsp3) is 0.476. The SMILES string of the molecule is Cc1cc(CN2CCC(c3nnc4n3CCNC4)CC2)cc2cccnc12.Cl. The van der Waals surface area contributed by atoms with E-state index < -0.39 is 0 Å². The van der Waals surface area contributed by atoms with E-state index in [1.54, 1.807) is 0 Å². The molecule has 0 saturated carbocycles. The molecule has 0 radical (unpaired) electrons. The van der Waals surface area contributed by atoms with Crippen LogP contribution in [0.2, 0.25) is 0 Å². The quantitative estimate of drug-likeness (QED) is 0.734. The molecule has 2 aromatic heterocycles. The highest BCUT2D eigenvalue weighted by atomic mass is 35.5. The first-order chi connectivity index (χ1) is 13.3. The van der Waals surface area contributed by atoms with Gasteiger partial charge in [0.1, 0.15) is 11.6 Å². The van der Waals surface area contributed by atoms with E-state index in [-0.39, 0.29) is 12.4 Å². The number of halogens is 1. The van der Waals surface area contributed by atoms with Gasteiger partial charge in [0.25, 0.3) is 0 Å². The van der Waals surface area contributed by atoms with Gasteiger partial charge >= 0.3 is 0 Å². The average molecular weight is 399 g/mol. The number of nitrogens with one attached hydrogen (secondary N) is 1. The standard InChI is InChI=1S/C21H26N6.ClH/c1-15-11-16(12-18-3-2-6-23-20(15)18)14-26-8-4-17(5-9-26)21-25-24-19-13-22-7-10-27(19)21;/h2-3,6,11-12,17,22H,4-5,7-10,13-14H2,1H3;1H. The zero-order valence-corrected chi connectivity index (χ0v) is 17.1. The molecule has 0 atom stereocenters. The average Bonchev–Trinajstić information content (AvgIpc) is 3.13. The maximum absolute atomic E-state index is 4.52. The Hall–Kier alpha value is -2.02. The molecule has 2 aliphatic rings. The third-order valence-corrected chi connectivity index (χ3v) is 5.97. The lowest BCUT2D eigenvalue weighted by Crippen LogP contribution is -2.34. The minimum atomic E-state index is 0. The van der Waals surface area contributed by atoms with Gasteiger partial charge in [0.2, 0.25) is 0 Å². The molecule has 0 aliphatic carbocycles. The second kappa shape index (κ2) is 8.15. The summed E-state index contributed by atoms with van der Waals surface area (Å²) in [4.78, 5) is 7.08. The number of fused-ring (bicyclic) bond motifs is 2. The predicted octanol–water partition coefficient (Wildman–Crippen LogP) is 3.04. The molecule has 1 saturated heterocycles. The Morgan fingerprint density at radius 1 is 1.14 bits per heavy atom. The van der Waals surface area contributed by atoms with Crippen LogP contribution in [0.1, 0.15) is 41.5 Å². The summed E-state index contributed by atoms with van der Waals surface area (Å²) in [7, 11) is 0. The maximum atomic E-state index is 4.52. The lowest BCUT2D eigenvalue weighted by molar-refractivity contribution is 0.199. The topological polar surface area (TPSA) is 58.9 Å². The molecule has 4 heterocycles. The van der Waals surface area contributed by atoms with Crippen LogP contribution in [-0.2, 0) is 19.6 Å². The van der Waals surface area contributed by atoms with Crippen LogP contribution in [0, 0.1) is 6.92 Å². The molecule has 0 amide bonds. The Morgan fingerprint density at radius 3 is 2.86 bits per heavy atom. The van der Waals surface area contributed by atoms with Crippen molar-refractivity contribution in [2.24, 2.45) is 0 Å². The molecular weight excluding hydrogens is 372 g/mol. The first kappa shape index (κ1) is 19.3. The Morgan fingerprint density at radius 2 is 2.00 bits per heavy atom. The number of pyridine rings is 1. The molecule has 0 spiro atoms. The number of benzene rings is 1. The number of likely N-dealkylation sites (tertiary alicyclic amines) is 1. The molecule has 1 N–H and O–H groups in total. The largest absolute Gasteiger partial charge is 0.312 e. The fourth-order valence-electron chi connectivity index (χ4n) is 4.57. The van der Waals surface area contributed by atoms with Crippen molar-refractivity contribution >= 4 is 23.3 Å². The third kappa shape index (κ3) is 3.64. The van der Waals surface area contributed by atoms with Crippen molar-refractivity contribution in [2.75, 3.05) is 19.6 Å². The molecule has 6 nitrogen and oxygen atoms in total. The van der Waals surface area contributed by atoms with Crippen molar-refractivity contribution in [3.05, 3.63) is 53.2 Å². The summed E-state index contributed by atoms with van der Waals surface area (Å²) in [5.41, 5.74) is 3.77. The van der Waals surface area contributed by atoms with E-state index in [0.717, 1.165) is 50.6 Å². The normalized spacial score (nSPS) is 18.0. The van der Waals surface area contributed by atoms with Gasteiger partial charge in [-0.25, -0.2) is 0 Å². The molecule has 0 unspecified atom stereocenters. The summed E-state index contributed by atoms with van der Waals surface area (Å²) in [5, 5.41) is 13.5. The molecule has 28 heavy (non-hydrogen) atoms. The lowest BCUT2D eigenvalue weighted by atomic mass is 9.95. The van der Waals surface area contributed by atoms with E-state index in [1.807, 2.05) is 12.3 Å². The molecule has 1 fully saturated rings. The highest BCUT2D eigenvalue weighted by Gasteiger charge is 2.27. The second-order valence-electron chi connectivity index (χ2n) is 7.84. The van der Waals surface area contributed by atoms with Crippen LogP contribution in [-0.4, -0.2) is 44.3 Å². The zero-order chi connectivity index (χ0) is 18.2. The van der Waals surface area contributed by atoms with Crippen LogP contribution >= 0.6 is 12.4 Å². The zero-order valence-electron chi connectivity index (χ0n) is 16.3. The molecule has 2 aliphatic heterocycles. The summed E-state index contributed by atoms with van der Waals surface area (Å²) < 4.78 is 2.34. The summed E-state index contributed by atoms with van der Waals surface area (Å²) in [6.45, 7) is 8.29. The Balaban J connectivity index is 0.00000192. The van der Waals surface area contributed by atoms with Gasteiger partial charge in [-0.15, -0.1) is 22.6 Å². The molecular formula is C21H27ClN6. The van der Waals surface area contributed by atoms with Crippen LogP contribution in [0.25, 0.3) is 10.9 Å². The van der Waals surface area contributed by atoms with Gasteiger partial charge in [-0.05, 0) is 56.1 Å². The molecule has 3 aromatic rings. The Kier molecular flexibility index (Phi) is 5.62. The minimum absolute atomic E-state index is 0. The van der Waals surface area contributed by atoms with Gasteiger partial charge in [0, 0.05) is 37.1 Å². The number of aromatic nitrogens is 4. The molecule has 148 valence electrons.